The van der Waals surface area contributed by atoms with E-state index in [9.17, 15) is 9.18 Å². The van der Waals surface area contributed by atoms with Crippen molar-refractivity contribution >= 4 is 23.0 Å². The molecule has 3 rings (SSSR count). The number of unbranched alkanes of at least 4 members (excludes halogenated alkanes) is 5. The first-order valence-electron chi connectivity index (χ1n) is 12.4. The fourth-order valence-corrected chi connectivity index (χ4v) is 3.49. The lowest BCUT2D eigenvalue weighted by atomic mass is 10.1. The molecule has 0 N–H and O–H groups in total. The van der Waals surface area contributed by atoms with Gasteiger partial charge in [-0.2, -0.15) is 5.11 Å². The summed E-state index contributed by atoms with van der Waals surface area (Å²) in [6.45, 7) is 2.87. The van der Waals surface area contributed by atoms with Gasteiger partial charge in [0.2, 0.25) is 0 Å². The molecule has 0 aromatic heterocycles. The summed E-state index contributed by atoms with van der Waals surface area (Å²) >= 11 is 0. The highest BCUT2D eigenvalue weighted by Gasteiger charge is 2.12. The lowest BCUT2D eigenvalue weighted by Crippen LogP contribution is -2.08. The summed E-state index contributed by atoms with van der Waals surface area (Å²) in [5, 5.41) is 8.03. The number of ether oxygens (including phenoxy) is 2. The summed E-state index contributed by atoms with van der Waals surface area (Å²) in [6.07, 6.45) is 7.23. The molecule has 0 bridgehead atoms. The highest BCUT2D eigenvalue weighted by atomic mass is 19.1. The number of carbonyl (C=O) groups is 1. The normalized spacial score (nSPS) is 11.0. The largest absolute Gasteiger partial charge is 0.494 e. The average Bonchev–Trinajstić information content (AvgIpc) is 2.88. The number of nitrogens with zero attached hydrogens (tertiary/aromatic N) is 3. The number of hydrogen-bond donors (Lipinski definition) is 0. The van der Waals surface area contributed by atoms with Gasteiger partial charge in [-0.1, -0.05) is 39.0 Å². The van der Waals surface area contributed by atoms with Gasteiger partial charge in [0.05, 0.1) is 17.9 Å². The van der Waals surface area contributed by atoms with Crippen molar-refractivity contribution in [2.75, 3.05) is 25.6 Å². The van der Waals surface area contributed by atoms with E-state index in [0.29, 0.717) is 18.0 Å². The first kappa shape index (κ1) is 26.9. The maximum atomic E-state index is 14.5. The zero-order valence-electron chi connectivity index (χ0n) is 21.2. The van der Waals surface area contributed by atoms with E-state index in [4.69, 9.17) is 9.47 Å². The van der Waals surface area contributed by atoms with Crippen LogP contribution in [0.5, 0.6) is 11.5 Å². The molecule has 3 aromatic rings. The van der Waals surface area contributed by atoms with Crippen LogP contribution in [-0.2, 0) is 0 Å². The number of benzene rings is 3. The van der Waals surface area contributed by atoms with Crippen LogP contribution >= 0.6 is 0 Å². The first-order chi connectivity index (χ1) is 17.5. The van der Waals surface area contributed by atoms with Crippen molar-refractivity contribution in [1.82, 2.24) is 0 Å². The summed E-state index contributed by atoms with van der Waals surface area (Å²) in [6, 6.07) is 18.2. The second kappa shape index (κ2) is 14.0. The van der Waals surface area contributed by atoms with E-state index < -0.39 is 11.8 Å². The Hall–Kier alpha value is -3.74. The lowest BCUT2D eigenvalue weighted by Gasteiger charge is -2.11. The molecule has 0 saturated heterocycles. The number of azo groups is 1. The van der Waals surface area contributed by atoms with Crippen LogP contribution < -0.4 is 14.4 Å². The molecule has 7 heteroatoms. The molecule has 0 aliphatic rings. The van der Waals surface area contributed by atoms with Crippen molar-refractivity contribution in [1.29, 1.82) is 0 Å². The van der Waals surface area contributed by atoms with Gasteiger partial charge in [-0.15, -0.1) is 5.11 Å². The van der Waals surface area contributed by atoms with Gasteiger partial charge in [0.25, 0.3) is 0 Å². The first-order valence-corrected chi connectivity index (χ1v) is 12.4. The van der Waals surface area contributed by atoms with Crippen molar-refractivity contribution in [2.24, 2.45) is 10.2 Å². The van der Waals surface area contributed by atoms with Gasteiger partial charge in [-0.25, -0.2) is 9.18 Å². The number of hydrogen-bond acceptors (Lipinski definition) is 6. The van der Waals surface area contributed by atoms with Crippen molar-refractivity contribution in [3.63, 3.8) is 0 Å². The Morgan fingerprint density at radius 1 is 0.833 bits per heavy atom. The van der Waals surface area contributed by atoms with Crippen molar-refractivity contribution < 1.29 is 18.7 Å². The smallest absolute Gasteiger partial charge is 0.343 e. The van der Waals surface area contributed by atoms with Crippen LogP contribution in [0, 0.1) is 5.82 Å². The average molecular weight is 492 g/mol. The maximum absolute atomic E-state index is 14.5. The predicted octanol–water partition coefficient (Wildman–Crippen LogP) is 8.27. The second-order valence-electron chi connectivity index (χ2n) is 8.75. The van der Waals surface area contributed by atoms with Gasteiger partial charge in [-0.05, 0) is 73.2 Å². The van der Waals surface area contributed by atoms with Crippen LogP contribution in [-0.4, -0.2) is 26.7 Å². The lowest BCUT2D eigenvalue weighted by molar-refractivity contribution is 0.0734. The van der Waals surface area contributed by atoms with Crippen molar-refractivity contribution in [3.8, 4) is 11.5 Å². The minimum atomic E-state index is -0.656. The summed E-state index contributed by atoms with van der Waals surface area (Å²) in [5.41, 5.74) is 1.75. The molecule has 0 saturated carbocycles. The Bertz CT molecular complexity index is 1130. The minimum Gasteiger partial charge on any atom is -0.494 e. The number of esters is 1. The fraction of sp³-hybridized carbons (Fsp3) is 0.345. The number of anilines is 1. The Labute approximate surface area is 212 Å². The van der Waals surface area contributed by atoms with E-state index in [2.05, 4.69) is 17.2 Å². The molecule has 0 unspecified atom stereocenters. The molecule has 36 heavy (non-hydrogen) atoms. The molecule has 0 atom stereocenters. The van der Waals surface area contributed by atoms with Gasteiger partial charge in [0, 0.05) is 19.8 Å². The van der Waals surface area contributed by atoms with E-state index in [1.807, 2.05) is 31.1 Å². The molecule has 0 radical (unpaired) electrons. The second-order valence-corrected chi connectivity index (χ2v) is 8.75. The molecule has 0 aliphatic carbocycles. The van der Waals surface area contributed by atoms with E-state index in [-0.39, 0.29) is 11.3 Å². The number of halogens is 1. The predicted molar refractivity (Wildman–Crippen MR) is 142 cm³/mol. The summed E-state index contributed by atoms with van der Waals surface area (Å²) in [7, 11) is 3.89. The quantitative estimate of drug-likeness (QED) is 0.104. The van der Waals surface area contributed by atoms with Gasteiger partial charge >= 0.3 is 5.97 Å². The Kier molecular flexibility index (Phi) is 10.4. The summed E-state index contributed by atoms with van der Waals surface area (Å²) in [4.78, 5) is 14.4. The van der Waals surface area contributed by atoms with Crippen LogP contribution in [0.2, 0.25) is 0 Å². The molecule has 0 spiro atoms. The molecular formula is C29H34FN3O3. The van der Waals surface area contributed by atoms with Crippen LogP contribution in [0.1, 0.15) is 55.8 Å². The highest BCUT2D eigenvalue weighted by Crippen LogP contribution is 2.25. The Balaban J connectivity index is 1.50. The minimum absolute atomic E-state index is 0.0371. The van der Waals surface area contributed by atoms with E-state index in [1.165, 1.54) is 37.8 Å². The SMILES string of the molecule is CCCCCCCCOc1ccc(OC(=O)c2ccc(/N=N/c3ccc(N(C)C)cc3)c(F)c2)cc1. The van der Waals surface area contributed by atoms with Crippen LogP contribution in [0.25, 0.3) is 0 Å². The van der Waals surface area contributed by atoms with Gasteiger partial charge in [0.1, 0.15) is 17.2 Å². The molecule has 0 amide bonds. The summed E-state index contributed by atoms with van der Waals surface area (Å²) in [5.74, 6) is -0.230. The molecular weight excluding hydrogens is 457 g/mol. The Morgan fingerprint density at radius 3 is 2.17 bits per heavy atom. The van der Waals surface area contributed by atoms with E-state index in [1.54, 1.807) is 36.4 Å². The van der Waals surface area contributed by atoms with E-state index >= 15 is 0 Å². The van der Waals surface area contributed by atoms with Gasteiger partial charge in [-0.3, -0.25) is 0 Å². The van der Waals surface area contributed by atoms with Crippen LogP contribution in [0.3, 0.4) is 0 Å². The third-order valence-corrected chi connectivity index (χ3v) is 5.62. The van der Waals surface area contributed by atoms with Crippen molar-refractivity contribution in [2.45, 2.75) is 45.4 Å². The van der Waals surface area contributed by atoms with E-state index in [0.717, 1.165) is 30.3 Å². The number of carbonyl (C=O) groups excluding carboxylic acids is 1. The number of rotatable bonds is 13. The van der Waals surface area contributed by atoms with Gasteiger partial charge < -0.3 is 14.4 Å². The third-order valence-electron chi connectivity index (χ3n) is 5.62. The molecule has 0 heterocycles. The zero-order valence-corrected chi connectivity index (χ0v) is 21.2. The zero-order chi connectivity index (χ0) is 25.8. The molecule has 0 aliphatic heterocycles. The van der Waals surface area contributed by atoms with Crippen molar-refractivity contribution in [3.05, 3.63) is 78.1 Å². The molecule has 190 valence electrons. The Morgan fingerprint density at radius 2 is 1.50 bits per heavy atom. The monoisotopic (exact) mass is 491 g/mol. The third kappa shape index (κ3) is 8.48. The standard InChI is InChI=1S/C29H34FN3O3/c1-4-5-6-7-8-9-20-35-25-15-17-26(18-16-25)36-29(34)22-10-19-28(27(30)21-22)32-31-23-11-13-24(14-12-23)33(2)3/h10-19,21H,4-9,20H2,1-3H3/b32-31+. The van der Waals surface area contributed by atoms with Gasteiger partial charge in [0.15, 0.2) is 5.82 Å². The molecule has 3 aromatic carbocycles. The highest BCUT2D eigenvalue weighted by molar-refractivity contribution is 5.91. The van der Waals surface area contributed by atoms with Crippen LogP contribution in [0.4, 0.5) is 21.5 Å². The maximum Gasteiger partial charge on any atom is 0.343 e. The molecule has 6 nitrogen and oxygen atoms in total. The molecule has 0 fully saturated rings. The topological polar surface area (TPSA) is 63.5 Å². The van der Waals surface area contributed by atoms with Crippen LogP contribution in [0.15, 0.2) is 77.0 Å². The summed E-state index contributed by atoms with van der Waals surface area (Å²) < 4.78 is 25.6. The fourth-order valence-electron chi connectivity index (χ4n) is 3.49.